The van der Waals surface area contributed by atoms with Crippen molar-refractivity contribution in [1.82, 2.24) is 15.0 Å². The maximum atomic E-state index is 9.98. The molecule has 5 heteroatoms. The van der Waals surface area contributed by atoms with Crippen LogP contribution in [0.25, 0.3) is 16.7 Å². The molecule has 3 rings (SSSR count). The van der Waals surface area contributed by atoms with E-state index >= 15 is 0 Å². The number of phenolic OH excluding ortho intramolecular Hbond substituents is 1. The molecule has 3 aromatic rings. The van der Waals surface area contributed by atoms with Crippen molar-refractivity contribution in [1.29, 1.82) is 0 Å². The van der Waals surface area contributed by atoms with Crippen LogP contribution in [0.3, 0.4) is 0 Å². The topological polar surface area (TPSA) is 50.9 Å². The van der Waals surface area contributed by atoms with Crippen LogP contribution in [0, 0.1) is 6.92 Å². The van der Waals surface area contributed by atoms with E-state index in [2.05, 4.69) is 10.2 Å². The van der Waals surface area contributed by atoms with Gasteiger partial charge >= 0.3 is 0 Å². The Morgan fingerprint density at radius 2 is 1.56 bits per heavy atom. The van der Waals surface area contributed by atoms with Gasteiger partial charge in [0.05, 0.1) is 0 Å². The number of para-hydroxylation sites is 1. The minimum Gasteiger partial charge on any atom is -0.505 e. The third kappa shape index (κ3) is 1.98. The Morgan fingerprint density at radius 3 is 2.17 bits per heavy atom. The van der Waals surface area contributed by atoms with E-state index in [1.165, 1.54) is 4.80 Å². The van der Waals surface area contributed by atoms with Gasteiger partial charge in [-0.2, -0.15) is 0 Å². The van der Waals surface area contributed by atoms with E-state index in [0.717, 1.165) is 16.6 Å². The van der Waals surface area contributed by atoms with Gasteiger partial charge in [-0.25, -0.2) is 0 Å². The zero-order chi connectivity index (χ0) is 11.8. The first-order valence-corrected chi connectivity index (χ1v) is 5.37. The number of hydrogen-bond donors (Lipinski definition) is 1. The maximum Gasteiger partial charge on any atom is 0.145 e. The predicted molar refractivity (Wildman–Crippen MR) is 65.3 cm³/mol. The summed E-state index contributed by atoms with van der Waals surface area (Å²) in [5, 5.41) is 18.6. The molecule has 0 aliphatic heterocycles. The van der Waals surface area contributed by atoms with Crippen molar-refractivity contribution < 1.29 is 22.2 Å². The molecular formula is C13H11MnN3O. The molecule has 4 nitrogen and oxygen atoms in total. The van der Waals surface area contributed by atoms with Gasteiger partial charge in [-0.1, -0.05) is 24.3 Å². The van der Waals surface area contributed by atoms with Crippen LogP contribution >= 0.6 is 0 Å². The van der Waals surface area contributed by atoms with Crippen molar-refractivity contribution in [2.75, 3.05) is 0 Å². The fourth-order valence-electron chi connectivity index (χ4n) is 1.77. The molecule has 0 aliphatic rings. The summed E-state index contributed by atoms with van der Waals surface area (Å²) in [6.07, 6.45) is 0. The summed E-state index contributed by atoms with van der Waals surface area (Å²) in [6.45, 7) is 1.85. The summed E-state index contributed by atoms with van der Waals surface area (Å²) in [6, 6.07) is 13.1. The van der Waals surface area contributed by atoms with E-state index in [1.807, 2.05) is 43.3 Å². The molecule has 0 fully saturated rings. The summed E-state index contributed by atoms with van der Waals surface area (Å²) < 4.78 is 0. The van der Waals surface area contributed by atoms with E-state index in [-0.39, 0.29) is 22.8 Å². The van der Waals surface area contributed by atoms with E-state index in [4.69, 9.17) is 0 Å². The number of aromatic hydroxyl groups is 1. The molecule has 0 atom stereocenters. The molecule has 91 valence electrons. The van der Waals surface area contributed by atoms with Gasteiger partial charge in [0.2, 0.25) is 0 Å². The summed E-state index contributed by atoms with van der Waals surface area (Å²) in [4.78, 5) is 1.47. The van der Waals surface area contributed by atoms with E-state index in [0.29, 0.717) is 5.69 Å². The van der Waals surface area contributed by atoms with Gasteiger partial charge in [-0.15, -0.1) is 15.0 Å². The Balaban J connectivity index is 0.00000120. The zero-order valence-corrected chi connectivity index (χ0v) is 10.9. The van der Waals surface area contributed by atoms with E-state index < -0.39 is 0 Å². The molecule has 2 aromatic carbocycles. The van der Waals surface area contributed by atoms with Crippen molar-refractivity contribution in [3.8, 4) is 11.4 Å². The van der Waals surface area contributed by atoms with Gasteiger partial charge < -0.3 is 5.11 Å². The SMILES string of the molecule is Cc1cccc(-n2nc3ccccc3n2)c1O.[Mn]. The van der Waals surface area contributed by atoms with Gasteiger partial charge in [0.25, 0.3) is 0 Å². The number of nitrogens with zero attached hydrogens (tertiary/aromatic N) is 3. The number of fused-ring (bicyclic) bond motifs is 1. The Labute approximate surface area is 115 Å². The second-order valence-corrected chi connectivity index (χ2v) is 3.92. The van der Waals surface area contributed by atoms with Crippen LogP contribution < -0.4 is 0 Å². The summed E-state index contributed by atoms with van der Waals surface area (Å²) in [7, 11) is 0. The minimum absolute atomic E-state index is 0. The van der Waals surface area contributed by atoms with Crippen molar-refractivity contribution >= 4 is 11.0 Å². The van der Waals surface area contributed by atoms with Crippen LogP contribution in [0.15, 0.2) is 42.5 Å². The molecule has 0 amide bonds. The first kappa shape index (κ1) is 12.6. The molecule has 1 aromatic heterocycles. The van der Waals surface area contributed by atoms with Crippen LogP contribution in [0.2, 0.25) is 0 Å². The summed E-state index contributed by atoms with van der Waals surface area (Å²) in [5.41, 5.74) is 3.03. The zero-order valence-electron chi connectivity index (χ0n) is 9.71. The minimum atomic E-state index is 0. The number of phenols is 1. The Morgan fingerprint density at radius 1 is 0.944 bits per heavy atom. The molecule has 0 aliphatic carbocycles. The van der Waals surface area contributed by atoms with Gasteiger partial charge in [0, 0.05) is 17.1 Å². The molecule has 0 unspecified atom stereocenters. The van der Waals surface area contributed by atoms with Gasteiger partial charge in [0.15, 0.2) is 0 Å². The van der Waals surface area contributed by atoms with Crippen molar-refractivity contribution in [2.45, 2.75) is 6.92 Å². The Kier molecular flexibility index (Phi) is 3.36. The average Bonchev–Trinajstić information content (AvgIpc) is 2.76. The molecule has 1 radical (unpaired) electrons. The van der Waals surface area contributed by atoms with Crippen molar-refractivity contribution in [3.05, 3.63) is 48.0 Å². The van der Waals surface area contributed by atoms with Crippen molar-refractivity contribution in [3.63, 3.8) is 0 Å². The second-order valence-electron chi connectivity index (χ2n) is 3.92. The van der Waals surface area contributed by atoms with Crippen LogP contribution in [-0.4, -0.2) is 20.1 Å². The number of rotatable bonds is 1. The van der Waals surface area contributed by atoms with Crippen LogP contribution in [0.5, 0.6) is 5.75 Å². The van der Waals surface area contributed by atoms with Crippen LogP contribution in [0.1, 0.15) is 5.56 Å². The molecule has 0 saturated carbocycles. The molecular weight excluding hydrogens is 269 g/mol. The Hall–Kier alpha value is -1.84. The summed E-state index contributed by atoms with van der Waals surface area (Å²) >= 11 is 0. The second kappa shape index (κ2) is 4.80. The number of hydrogen-bond acceptors (Lipinski definition) is 3. The standard InChI is InChI=1S/C13H11N3O.Mn/c1-9-5-4-8-12(13(9)17)16-14-10-6-2-3-7-11(10)15-16;/h2-8,17H,1H3;. The fourth-order valence-corrected chi connectivity index (χ4v) is 1.77. The summed E-state index contributed by atoms with van der Waals surface area (Å²) in [5.74, 6) is 0.216. The first-order chi connectivity index (χ1) is 8.25. The quantitative estimate of drug-likeness (QED) is 0.696. The van der Waals surface area contributed by atoms with E-state index in [9.17, 15) is 5.11 Å². The Bertz CT molecular complexity index is 661. The maximum absolute atomic E-state index is 9.98. The smallest absolute Gasteiger partial charge is 0.145 e. The molecule has 1 N–H and O–H groups in total. The fraction of sp³-hybridized carbons (Fsp3) is 0.0769. The van der Waals surface area contributed by atoms with E-state index in [1.54, 1.807) is 6.07 Å². The van der Waals surface area contributed by atoms with Crippen LogP contribution in [0.4, 0.5) is 0 Å². The number of aromatic nitrogens is 3. The third-order valence-corrected chi connectivity index (χ3v) is 2.72. The largest absolute Gasteiger partial charge is 0.505 e. The van der Waals surface area contributed by atoms with Gasteiger partial charge in [-0.3, -0.25) is 0 Å². The number of benzene rings is 2. The monoisotopic (exact) mass is 280 g/mol. The van der Waals surface area contributed by atoms with Crippen LogP contribution in [-0.2, 0) is 17.1 Å². The molecule has 0 spiro atoms. The first-order valence-electron chi connectivity index (χ1n) is 5.37. The van der Waals surface area contributed by atoms with Gasteiger partial charge in [-0.05, 0) is 30.7 Å². The molecule has 1 heterocycles. The normalized spacial score (nSPS) is 10.3. The predicted octanol–water partition coefficient (Wildman–Crippen LogP) is 2.43. The third-order valence-electron chi connectivity index (χ3n) is 2.72. The van der Waals surface area contributed by atoms with Crippen molar-refractivity contribution in [2.24, 2.45) is 0 Å². The average molecular weight is 280 g/mol. The number of aryl methyl sites for hydroxylation is 1. The van der Waals surface area contributed by atoms with Gasteiger partial charge in [0.1, 0.15) is 22.5 Å². The molecule has 0 bridgehead atoms. The molecule has 0 saturated heterocycles. The molecule has 18 heavy (non-hydrogen) atoms.